The van der Waals surface area contributed by atoms with Gasteiger partial charge in [0.1, 0.15) is 0 Å². The van der Waals surface area contributed by atoms with Gasteiger partial charge in [-0.1, -0.05) is 56.6 Å². The molecular weight excluding hydrogens is 519 g/mol. The molecular formula is C28H25ClF3N3O3. The Morgan fingerprint density at radius 1 is 1.05 bits per heavy atom. The lowest BCUT2D eigenvalue weighted by Gasteiger charge is -2.21. The summed E-state index contributed by atoms with van der Waals surface area (Å²) in [5, 5.41) is 4.96. The van der Waals surface area contributed by atoms with E-state index in [9.17, 15) is 18.0 Å². The monoisotopic (exact) mass is 543 g/mol. The first-order valence-electron chi connectivity index (χ1n) is 11.6. The number of aromatic nitrogens is 2. The maximum Gasteiger partial charge on any atom is 0.416 e. The first kappa shape index (κ1) is 27.2. The summed E-state index contributed by atoms with van der Waals surface area (Å²) in [6.07, 6.45) is -3.22. The molecule has 0 radical (unpaired) electrons. The summed E-state index contributed by atoms with van der Waals surface area (Å²) >= 11 is 6.28. The zero-order chi connectivity index (χ0) is 27.7. The van der Waals surface area contributed by atoms with Gasteiger partial charge in [-0.15, -0.1) is 0 Å². The molecule has 0 aliphatic rings. The number of fused-ring (bicyclic) bond motifs is 1. The van der Waals surface area contributed by atoms with Gasteiger partial charge in [-0.2, -0.15) is 22.9 Å². The largest absolute Gasteiger partial charge is 0.493 e. The molecule has 0 N–H and O–H groups in total. The number of rotatable bonds is 6. The van der Waals surface area contributed by atoms with Gasteiger partial charge in [-0.25, -0.2) is 4.98 Å². The standard InChI is InChI=1S/C28H25ClF3N3O3/c1-27(2,3)16-38-24-18(13-20(29)14-23(24)37-4)15-33-35-25(17-8-7-9-19(12-17)28(30,31)32)34-22-11-6-5-10-21(22)26(35)36/h5-15H,16H2,1-4H3. The Labute approximate surface area is 222 Å². The Hall–Kier alpha value is -3.85. The third kappa shape index (κ3) is 5.99. The minimum Gasteiger partial charge on any atom is -0.493 e. The summed E-state index contributed by atoms with van der Waals surface area (Å²) in [4.78, 5) is 17.9. The smallest absolute Gasteiger partial charge is 0.416 e. The van der Waals surface area contributed by atoms with Crippen molar-refractivity contribution in [2.24, 2.45) is 10.5 Å². The number of para-hydroxylation sites is 1. The van der Waals surface area contributed by atoms with E-state index in [-0.39, 0.29) is 22.2 Å². The van der Waals surface area contributed by atoms with Gasteiger partial charge in [0, 0.05) is 22.2 Å². The molecule has 0 fully saturated rings. The number of hydrogen-bond donors (Lipinski definition) is 0. The number of hydrogen-bond acceptors (Lipinski definition) is 5. The lowest BCUT2D eigenvalue weighted by molar-refractivity contribution is -0.137. The van der Waals surface area contributed by atoms with Gasteiger partial charge >= 0.3 is 6.18 Å². The molecule has 0 unspecified atom stereocenters. The molecule has 4 aromatic rings. The van der Waals surface area contributed by atoms with Gasteiger partial charge in [0.25, 0.3) is 5.56 Å². The molecule has 4 rings (SSSR count). The minimum atomic E-state index is -4.57. The van der Waals surface area contributed by atoms with Crippen molar-refractivity contribution in [2.45, 2.75) is 26.9 Å². The van der Waals surface area contributed by atoms with E-state index in [2.05, 4.69) is 10.1 Å². The van der Waals surface area contributed by atoms with Gasteiger partial charge < -0.3 is 9.47 Å². The van der Waals surface area contributed by atoms with Gasteiger partial charge in [-0.3, -0.25) is 4.79 Å². The first-order valence-corrected chi connectivity index (χ1v) is 12.0. The van der Waals surface area contributed by atoms with Crippen LogP contribution in [0.4, 0.5) is 13.2 Å². The van der Waals surface area contributed by atoms with Crippen LogP contribution >= 0.6 is 11.6 Å². The Balaban J connectivity index is 1.92. The van der Waals surface area contributed by atoms with Gasteiger partial charge in [0.05, 0.1) is 36.4 Å². The summed E-state index contributed by atoms with van der Waals surface area (Å²) in [6.45, 7) is 6.36. The zero-order valence-electron chi connectivity index (χ0n) is 21.1. The summed E-state index contributed by atoms with van der Waals surface area (Å²) in [5.41, 5.74) is -0.776. The van der Waals surface area contributed by atoms with Gasteiger partial charge in [-0.05, 0) is 35.7 Å². The third-order valence-corrected chi connectivity index (χ3v) is 5.65. The molecule has 3 aromatic carbocycles. The van der Waals surface area contributed by atoms with Crippen LogP contribution in [0, 0.1) is 5.41 Å². The summed E-state index contributed by atoms with van der Waals surface area (Å²) in [5.74, 6) is 0.672. The lowest BCUT2D eigenvalue weighted by Crippen LogP contribution is -2.21. The number of methoxy groups -OCH3 is 1. The quantitative estimate of drug-likeness (QED) is 0.244. The summed E-state index contributed by atoms with van der Waals surface area (Å²) in [6, 6.07) is 14.3. The molecule has 0 aliphatic carbocycles. The Morgan fingerprint density at radius 2 is 1.79 bits per heavy atom. The zero-order valence-corrected chi connectivity index (χ0v) is 21.9. The minimum absolute atomic E-state index is 0.0535. The topological polar surface area (TPSA) is 65.7 Å². The second-order valence-electron chi connectivity index (χ2n) is 9.77. The SMILES string of the molecule is COc1cc(Cl)cc(C=Nn2c(-c3cccc(C(F)(F)F)c3)nc3ccccc3c2=O)c1OCC(C)(C)C. The van der Waals surface area contributed by atoms with E-state index in [1.807, 2.05) is 20.8 Å². The average Bonchev–Trinajstić information content (AvgIpc) is 2.86. The number of halogens is 4. The van der Waals surface area contributed by atoms with Crippen LogP contribution in [0.15, 0.2) is 70.6 Å². The van der Waals surface area contributed by atoms with Crippen LogP contribution in [-0.4, -0.2) is 29.6 Å². The lowest BCUT2D eigenvalue weighted by atomic mass is 9.98. The molecule has 0 saturated heterocycles. The fourth-order valence-electron chi connectivity index (χ4n) is 3.65. The normalized spacial score (nSPS) is 12.3. The fraction of sp³-hybridized carbons (Fsp3) is 0.250. The number of alkyl halides is 3. The number of nitrogens with zero attached hydrogens (tertiary/aromatic N) is 3. The van der Waals surface area contributed by atoms with E-state index < -0.39 is 17.3 Å². The summed E-state index contributed by atoms with van der Waals surface area (Å²) in [7, 11) is 1.47. The molecule has 6 nitrogen and oxygen atoms in total. The van der Waals surface area contributed by atoms with E-state index in [1.54, 1.807) is 36.4 Å². The van der Waals surface area contributed by atoms with Crippen LogP contribution in [0.5, 0.6) is 11.5 Å². The van der Waals surface area contributed by atoms with E-state index >= 15 is 0 Å². The Morgan fingerprint density at radius 3 is 2.47 bits per heavy atom. The van der Waals surface area contributed by atoms with Crippen LogP contribution in [0.25, 0.3) is 22.3 Å². The molecule has 1 heterocycles. The number of benzene rings is 3. The maximum atomic E-state index is 13.5. The predicted molar refractivity (Wildman–Crippen MR) is 142 cm³/mol. The van der Waals surface area contributed by atoms with Crippen LogP contribution in [0.1, 0.15) is 31.9 Å². The molecule has 0 spiro atoms. The highest BCUT2D eigenvalue weighted by Crippen LogP contribution is 2.35. The molecule has 0 amide bonds. The third-order valence-electron chi connectivity index (χ3n) is 5.43. The summed E-state index contributed by atoms with van der Waals surface area (Å²) < 4.78 is 52.8. The van der Waals surface area contributed by atoms with Crippen molar-refractivity contribution in [3.05, 3.63) is 87.2 Å². The first-order chi connectivity index (χ1) is 17.9. The molecule has 1 aromatic heterocycles. The van der Waals surface area contributed by atoms with E-state index in [4.69, 9.17) is 21.1 Å². The van der Waals surface area contributed by atoms with Gasteiger partial charge in [0.2, 0.25) is 0 Å². The predicted octanol–water partition coefficient (Wildman–Crippen LogP) is 7.05. The van der Waals surface area contributed by atoms with E-state index in [0.29, 0.717) is 34.2 Å². The maximum absolute atomic E-state index is 13.5. The Kier molecular flexibility index (Phi) is 7.51. The van der Waals surface area contributed by atoms with Crippen molar-refractivity contribution in [3.8, 4) is 22.9 Å². The molecule has 0 aliphatic heterocycles. The molecule has 0 saturated carbocycles. The van der Waals surface area contributed by atoms with Crippen molar-refractivity contribution in [3.63, 3.8) is 0 Å². The molecule has 38 heavy (non-hydrogen) atoms. The number of ether oxygens (including phenoxy) is 2. The van der Waals surface area contributed by atoms with Crippen molar-refractivity contribution in [2.75, 3.05) is 13.7 Å². The van der Waals surface area contributed by atoms with Crippen LogP contribution in [-0.2, 0) is 6.18 Å². The highest BCUT2D eigenvalue weighted by atomic mass is 35.5. The molecule has 198 valence electrons. The highest BCUT2D eigenvalue weighted by Gasteiger charge is 2.31. The Bertz CT molecular complexity index is 1570. The van der Waals surface area contributed by atoms with Crippen molar-refractivity contribution < 1.29 is 22.6 Å². The van der Waals surface area contributed by atoms with Crippen molar-refractivity contribution >= 4 is 28.7 Å². The van der Waals surface area contributed by atoms with Crippen molar-refractivity contribution in [1.82, 2.24) is 9.66 Å². The second-order valence-corrected chi connectivity index (χ2v) is 10.2. The van der Waals surface area contributed by atoms with Crippen LogP contribution in [0.2, 0.25) is 5.02 Å². The highest BCUT2D eigenvalue weighted by molar-refractivity contribution is 6.31. The van der Waals surface area contributed by atoms with Crippen molar-refractivity contribution in [1.29, 1.82) is 0 Å². The second kappa shape index (κ2) is 10.5. The fourth-order valence-corrected chi connectivity index (χ4v) is 3.87. The average molecular weight is 544 g/mol. The molecule has 0 bridgehead atoms. The van der Waals surface area contributed by atoms with Crippen LogP contribution < -0.4 is 15.0 Å². The molecule has 10 heteroatoms. The van der Waals surface area contributed by atoms with E-state index in [0.717, 1.165) is 16.8 Å². The van der Waals surface area contributed by atoms with Crippen LogP contribution in [0.3, 0.4) is 0 Å². The van der Waals surface area contributed by atoms with Gasteiger partial charge in [0.15, 0.2) is 17.3 Å². The molecule has 0 atom stereocenters. The van der Waals surface area contributed by atoms with E-state index in [1.165, 1.54) is 25.5 Å².